The number of carbonyl (C=O) groups excluding carboxylic acids is 2. The van der Waals surface area contributed by atoms with Crippen molar-refractivity contribution in [2.24, 2.45) is 5.92 Å². The third-order valence-corrected chi connectivity index (χ3v) is 7.25. The molecule has 0 aromatic heterocycles. The summed E-state index contributed by atoms with van der Waals surface area (Å²) in [5.41, 5.74) is -4.88. The molecule has 14 heteroatoms. The maximum atomic E-state index is 13.7. The highest BCUT2D eigenvalue weighted by Gasteiger charge is 2.47. The maximum Gasteiger partial charge on any atom is 0.416 e. The average molecular weight is 611 g/mol. The molecule has 2 aliphatic rings. The van der Waals surface area contributed by atoms with E-state index in [1.165, 1.54) is 4.90 Å². The van der Waals surface area contributed by atoms with Crippen LogP contribution in [-0.4, -0.2) is 29.0 Å². The fourth-order valence-electron chi connectivity index (χ4n) is 5.28. The number of carbonyl (C=O) groups is 2. The third-order valence-electron chi connectivity index (χ3n) is 7.25. The Kier molecular flexibility index (Phi) is 8.24. The molecule has 5 nitrogen and oxygen atoms in total. The highest BCUT2D eigenvalue weighted by Crippen LogP contribution is 2.50. The van der Waals surface area contributed by atoms with Gasteiger partial charge < -0.3 is 9.64 Å². The van der Waals surface area contributed by atoms with Crippen molar-refractivity contribution in [1.29, 1.82) is 0 Å². The Bertz CT molecular complexity index is 1320. The molecule has 1 fully saturated rings. The van der Waals surface area contributed by atoms with Crippen LogP contribution in [0.1, 0.15) is 73.9 Å². The highest BCUT2D eigenvalue weighted by molar-refractivity contribution is 5.91. The SMILES string of the molecule is CC(=O)N(Cc1cc(C(F)(F)F)cc(C(F)(F)F)c1)[C@@H]1C[C@H](C2CC2)N(C(=O)OC(C)C)c2ccc(C(F)(F)F)cc21. The van der Waals surface area contributed by atoms with Crippen LogP contribution < -0.4 is 4.90 Å². The molecule has 4 rings (SSSR count). The summed E-state index contributed by atoms with van der Waals surface area (Å²) in [5.74, 6) is -0.885. The van der Waals surface area contributed by atoms with Crippen molar-refractivity contribution in [3.8, 4) is 0 Å². The van der Waals surface area contributed by atoms with Crippen LogP contribution in [0.25, 0.3) is 0 Å². The van der Waals surface area contributed by atoms with Crippen LogP contribution in [0.5, 0.6) is 0 Å². The molecule has 1 heterocycles. The summed E-state index contributed by atoms with van der Waals surface area (Å²) in [4.78, 5) is 28.3. The van der Waals surface area contributed by atoms with Gasteiger partial charge >= 0.3 is 24.6 Å². The Balaban J connectivity index is 1.86. The molecule has 2 amide bonds. The zero-order valence-electron chi connectivity index (χ0n) is 22.6. The number of benzene rings is 2. The normalized spacial score (nSPS) is 19.5. The van der Waals surface area contributed by atoms with Gasteiger partial charge in [-0.25, -0.2) is 4.79 Å². The van der Waals surface area contributed by atoms with E-state index >= 15 is 0 Å². The zero-order chi connectivity index (χ0) is 31.4. The van der Waals surface area contributed by atoms with E-state index in [0.29, 0.717) is 25.0 Å². The first-order chi connectivity index (χ1) is 19.3. The van der Waals surface area contributed by atoms with Crippen LogP contribution in [0.3, 0.4) is 0 Å². The Morgan fingerprint density at radius 2 is 1.43 bits per heavy atom. The minimum absolute atomic E-state index is 0.0214. The van der Waals surface area contributed by atoms with Crippen molar-refractivity contribution in [2.75, 3.05) is 4.90 Å². The second kappa shape index (κ2) is 11.0. The molecule has 230 valence electrons. The Morgan fingerprint density at radius 3 is 1.88 bits per heavy atom. The number of hydrogen-bond acceptors (Lipinski definition) is 3. The van der Waals surface area contributed by atoms with E-state index < -0.39 is 77.5 Å². The van der Waals surface area contributed by atoms with Crippen LogP contribution in [0, 0.1) is 5.92 Å². The van der Waals surface area contributed by atoms with Gasteiger partial charge in [-0.2, -0.15) is 39.5 Å². The number of alkyl halides is 9. The third kappa shape index (κ3) is 6.78. The van der Waals surface area contributed by atoms with Crippen molar-refractivity contribution < 1.29 is 53.8 Å². The fourth-order valence-corrected chi connectivity index (χ4v) is 5.28. The molecule has 0 spiro atoms. The topological polar surface area (TPSA) is 49.9 Å². The number of nitrogens with zero attached hydrogens (tertiary/aromatic N) is 2. The first-order valence-electron chi connectivity index (χ1n) is 13.0. The summed E-state index contributed by atoms with van der Waals surface area (Å²) in [7, 11) is 0. The molecule has 2 atom stereocenters. The fraction of sp³-hybridized carbons (Fsp3) is 0.500. The van der Waals surface area contributed by atoms with Gasteiger partial charge in [-0.15, -0.1) is 0 Å². The molecule has 0 bridgehead atoms. The lowest BCUT2D eigenvalue weighted by molar-refractivity contribution is -0.143. The minimum Gasteiger partial charge on any atom is -0.446 e. The molecule has 1 aliphatic carbocycles. The molecular formula is C28H27F9N2O3. The van der Waals surface area contributed by atoms with Crippen molar-refractivity contribution in [2.45, 2.75) is 83.3 Å². The van der Waals surface area contributed by atoms with E-state index in [1.807, 2.05) is 0 Å². The smallest absolute Gasteiger partial charge is 0.416 e. The van der Waals surface area contributed by atoms with E-state index in [9.17, 15) is 49.1 Å². The molecule has 0 radical (unpaired) electrons. The van der Waals surface area contributed by atoms with E-state index in [-0.39, 0.29) is 29.7 Å². The lowest BCUT2D eigenvalue weighted by atomic mass is 9.86. The molecule has 0 unspecified atom stereocenters. The maximum absolute atomic E-state index is 13.7. The predicted octanol–water partition coefficient (Wildman–Crippen LogP) is 8.37. The summed E-state index contributed by atoms with van der Waals surface area (Å²) in [6.07, 6.45) is -15.2. The zero-order valence-corrected chi connectivity index (χ0v) is 22.6. The van der Waals surface area contributed by atoms with Crippen LogP contribution in [-0.2, 0) is 34.6 Å². The van der Waals surface area contributed by atoms with Crippen LogP contribution in [0.4, 0.5) is 50.0 Å². The number of rotatable bonds is 5. The quantitative estimate of drug-likeness (QED) is 0.320. The van der Waals surface area contributed by atoms with Crippen molar-refractivity contribution in [3.05, 3.63) is 64.2 Å². The largest absolute Gasteiger partial charge is 0.446 e. The molecule has 2 aromatic rings. The van der Waals surface area contributed by atoms with Gasteiger partial charge in [0.25, 0.3) is 0 Å². The summed E-state index contributed by atoms with van der Waals surface area (Å²) in [6.45, 7) is 3.45. The van der Waals surface area contributed by atoms with Crippen LogP contribution in [0.2, 0.25) is 0 Å². The molecule has 42 heavy (non-hydrogen) atoms. The van der Waals surface area contributed by atoms with E-state index in [2.05, 4.69) is 0 Å². The number of fused-ring (bicyclic) bond motifs is 1. The number of halogens is 9. The lowest BCUT2D eigenvalue weighted by Crippen LogP contribution is -2.50. The Hall–Kier alpha value is -3.45. The van der Waals surface area contributed by atoms with E-state index in [0.717, 1.165) is 30.0 Å². The standard InChI is InChI=1S/C28H27F9N2O3/c1-14(2)42-25(41)39-22-7-6-18(26(29,30)31)11-21(22)24(12-23(39)17-4-5-17)38(15(3)40)13-16-8-19(27(32,33)34)10-20(9-16)28(35,36)37/h6-11,14,17,23-24H,4-5,12-13H2,1-3H3/t23-,24-/m1/s1. The second-order valence-electron chi connectivity index (χ2n) is 10.8. The first-order valence-corrected chi connectivity index (χ1v) is 13.0. The molecule has 1 saturated carbocycles. The predicted molar refractivity (Wildman–Crippen MR) is 132 cm³/mol. The monoisotopic (exact) mass is 610 g/mol. The highest BCUT2D eigenvalue weighted by atomic mass is 19.4. The number of amides is 2. The second-order valence-corrected chi connectivity index (χ2v) is 10.8. The van der Waals surface area contributed by atoms with Gasteiger partial charge in [0.1, 0.15) is 0 Å². The molecule has 0 N–H and O–H groups in total. The molecule has 0 saturated heterocycles. The number of anilines is 1. The van der Waals surface area contributed by atoms with Crippen molar-refractivity contribution in [1.82, 2.24) is 4.90 Å². The Morgan fingerprint density at radius 1 is 0.881 bits per heavy atom. The van der Waals surface area contributed by atoms with Gasteiger partial charge in [-0.05, 0) is 86.6 Å². The van der Waals surface area contributed by atoms with Crippen LogP contribution in [0.15, 0.2) is 36.4 Å². The summed E-state index contributed by atoms with van der Waals surface area (Å²) in [6, 6.07) is 1.66. The molecule has 2 aromatic carbocycles. The number of hydrogen-bond donors (Lipinski definition) is 0. The van der Waals surface area contributed by atoms with Gasteiger partial charge in [0.05, 0.1) is 34.5 Å². The van der Waals surface area contributed by atoms with E-state index in [1.54, 1.807) is 13.8 Å². The first kappa shape index (κ1) is 31.5. The average Bonchev–Trinajstić information content (AvgIpc) is 3.69. The minimum atomic E-state index is -5.13. The molecular weight excluding hydrogens is 583 g/mol. The lowest BCUT2D eigenvalue weighted by Gasteiger charge is -2.44. The molecule has 1 aliphatic heterocycles. The number of ether oxygens (including phenoxy) is 1. The Labute approximate surface area is 235 Å². The van der Waals surface area contributed by atoms with Gasteiger partial charge in [-0.1, -0.05) is 0 Å². The van der Waals surface area contributed by atoms with Gasteiger partial charge in [0, 0.05) is 19.5 Å². The summed E-state index contributed by atoms with van der Waals surface area (Å²) < 4.78 is 128. The van der Waals surface area contributed by atoms with Gasteiger partial charge in [-0.3, -0.25) is 9.69 Å². The van der Waals surface area contributed by atoms with E-state index in [4.69, 9.17) is 4.74 Å². The van der Waals surface area contributed by atoms with Crippen molar-refractivity contribution in [3.63, 3.8) is 0 Å². The van der Waals surface area contributed by atoms with Gasteiger partial charge in [0.15, 0.2) is 0 Å². The van der Waals surface area contributed by atoms with Gasteiger partial charge in [0.2, 0.25) is 5.91 Å². The summed E-state index contributed by atoms with van der Waals surface area (Å²) >= 11 is 0. The van der Waals surface area contributed by atoms with Crippen molar-refractivity contribution >= 4 is 17.7 Å². The van der Waals surface area contributed by atoms with Crippen LogP contribution >= 0.6 is 0 Å². The summed E-state index contributed by atoms with van der Waals surface area (Å²) in [5, 5.41) is 0.